The number of rotatable bonds is 6. The molecule has 0 spiro atoms. The van der Waals surface area contributed by atoms with Gasteiger partial charge in [0.1, 0.15) is 0 Å². The van der Waals surface area contributed by atoms with Gasteiger partial charge in [-0.05, 0) is 31.2 Å². The van der Waals surface area contributed by atoms with Crippen molar-refractivity contribution < 1.29 is 14.3 Å². The summed E-state index contributed by atoms with van der Waals surface area (Å²) in [4.78, 5) is 12.5. The molecule has 2 rings (SSSR count). The van der Waals surface area contributed by atoms with E-state index in [4.69, 9.17) is 21.1 Å². The molecule has 0 atom stereocenters. The van der Waals surface area contributed by atoms with Gasteiger partial charge in [-0.15, -0.1) is 11.3 Å². The number of carbonyl (C=O) groups is 1. The topological polar surface area (TPSA) is 35.5 Å². The first kappa shape index (κ1) is 13.9. The van der Waals surface area contributed by atoms with Crippen LogP contribution in [0.4, 0.5) is 0 Å². The Morgan fingerprint density at radius 2 is 1.84 bits per heavy atom. The number of Topliss-reactive ketones (excluding diaryl/α,β-unsaturated/α-hetero) is 1. The molecule has 100 valence electrons. The number of hydrogen-bond donors (Lipinski definition) is 0. The summed E-state index contributed by atoms with van der Waals surface area (Å²) in [6.45, 7) is 2.42. The molecule has 0 radical (unpaired) electrons. The zero-order valence-corrected chi connectivity index (χ0v) is 12.0. The van der Waals surface area contributed by atoms with Crippen LogP contribution in [-0.4, -0.2) is 19.0 Å². The van der Waals surface area contributed by atoms with E-state index in [0.717, 1.165) is 0 Å². The Bertz CT molecular complexity index is 565. The van der Waals surface area contributed by atoms with Gasteiger partial charge in [0.15, 0.2) is 18.1 Å². The fraction of sp³-hybridized carbons (Fsp3) is 0.214. The third-order valence-corrected chi connectivity index (χ3v) is 3.63. The first-order valence-electron chi connectivity index (χ1n) is 5.84. The number of hydrogen-bond acceptors (Lipinski definition) is 4. The van der Waals surface area contributed by atoms with Gasteiger partial charge >= 0.3 is 0 Å². The van der Waals surface area contributed by atoms with Gasteiger partial charge in [-0.25, -0.2) is 0 Å². The average molecular weight is 297 g/mol. The highest BCUT2D eigenvalue weighted by molar-refractivity contribution is 7.18. The first-order chi connectivity index (χ1) is 9.20. The van der Waals surface area contributed by atoms with Gasteiger partial charge in [-0.1, -0.05) is 23.7 Å². The molecule has 3 nitrogen and oxygen atoms in total. The molecule has 0 aliphatic heterocycles. The Morgan fingerprint density at radius 1 is 1.16 bits per heavy atom. The van der Waals surface area contributed by atoms with Gasteiger partial charge in [0.05, 0.1) is 15.8 Å². The van der Waals surface area contributed by atoms with Gasteiger partial charge in [0.25, 0.3) is 0 Å². The summed E-state index contributed by atoms with van der Waals surface area (Å²) < 4.78 is 11.5. The largest absolute Gasteiger partial charge is 0.490 e. The number of carbonyl (C=O) groups excluding carboxylic acids is 1. The lowest BCUT2D eigenvalue weighted by Crippen LogP contribution is -2.10. The summed E-state index contributed by atoms with van der Waals surface area (Å²) in [7, 11) is 0. The molecule has 2 aromatic rings. The normalized spacial score (nSPS) is 10.2. The predicted octanol–water partition coefficient (Wildman–Crippen LogP) is 4.06. The summed E-state index contributed by atoms with van der Waals surface area (Å²) in [6, 6.07) is 10.7. The monoisotopic (exact) mass is 296 g/mol. The molecule has 19 heavy (non-hydrogen) atoms. The summed E-state index contributed by atoms with van der Waals surface area (Å²) in [5.41, 5.74) is 0. The van der Waals surface area contributed by atoms with Gasteiger partial charge in [0, 0.05) is 0 Å². The van der Waals surface area contributed by atoms with Crippen molar-refractivity contribution in [3.8, 4) is 11.5 Å². The van der Waals surface area contributed by atoms with Crippen molar-refractivity contribution in [1.82, 2.24) is 0 Å². The smallest absolute Gasteiger partial charge is 0.210 e. The number of ether oxygens (including phenoxy) is 2. The van der Waals surface area contributed by atoms with Crippen LogP contribution in [-0.2, 0) is 0 Å². The molecule has 5 heteroatoms. The van der Waals surface area contributed by atoms with E-state index in [1.54, 1.807) is 18.2 Å². The average Bonchev–Trinajstić information content (AvgIpc) is 2.84. The fourth-order valence-corrected chi connectivity index (χ4v) is 2.49. The molecule has 1 heterocycles. The Hall–Kier alpha value is -1.52. The van der Waals surface area contributed by atoms with E-state index >= 15 is 0 Å². The summed E-state index contributed by atoms with van der Waals surface area (Å²) in [5.74, 6) is 1.12. The lowest BCUT2D eigenvalue weighted by molar-refractivity contribution is 0.0923. The van der Waals surface area contributed by atoms with E-state index in [1.165, 1.54) is 11.3 Å². The van der Waals surface area contributed by atoms with Crippen molar-refractivity contribution in [2.24, 2.45) is 0 Å². The molecule has 0 fully saturated rings. The third kappa shape index (κ3) is 3.72. The van der Waals surface area contributed by atoms with E-state index in [0.29, 0.717) is 27.3 Å². The van der Waals surface area contributed by atoms with Crippen LogP contribution < -0.4 is 9.47 Å². The van der Waals surface area contributed by atoms with Crippen molar-refractivity contribution in [2.75, 3.05) is 13.2 Å². The van der Waals surface area contributed by atoms with Gasteiger partial charge in [-0.3, -0.25) is 4.79 Å². The van der Waals surface area contributed by atoms with Crippen molar-refractivity contribution in [3.63, 3.8) is 0 Å². The number of benzene rings is 1. The zero-order valence-electron chi connectivity index (χ0n) is 10.4. The fourth-order valence-electron chi connectivity index (χ4n) is 1.52. The molecule has 0 saturated carbocycles. The highest BCUT2D eigenvalue weighted by Gasteiger charge is 2.11. The van der Waals surface area contributed by atoms with Crippen LogP contribution >= 0.6 is 22.9 Å². The number of halogens is 1. The third-order valence-electron chi connectivity index (χ3n) is 2.36. The van der Waals surface area contributed by atoms with Crippen LogP contribution in [0.25, 0.3) is 0 Å². The molecule has 0 aliphatic rings. The maximum absolute atomic E-state index is 11.9. The number of ketones is 1. The van der Waals surface area contributed by atoms with Crippen molar-refractivity contribution in [1.29, 1.82) is 0 Å². The van der Waals surface area contributed by atoms with Crippen LogP contribution in [0.3, 0.4) is 0 Å². The standard InChI is InChI=1S/C14H13ClO3S/c1-2-17-11-5-3-4-6-12(11)18-9-10(16)13-7-8-14(15)19-13/h3-8H,2,9H2,1H3. The maximum atomic E-state index is 11.9. The number of para-hydroxylation sites is 2. The van der Waals surface area contributed by atoms with Crippen LogP contribution in [0.1, 0.15) is 16.6 Å². The molecule has 1 aromatic carbocycles. The minimum atomic E-state index is -0.0943. The zero-order chi connectivity index (χ0) is 13.7. The van der Waals surface area contributed by atoms with Crippen LogP contribution in [0.15, 0.2) is 36.4 Å². The minimum Gasteiger partial charge on any atom is -0.490 e. The Balaban J connectivity index is 2.00. The van der Waals surface area contributed by atoms with E-state index in [-0.39, 0.29) is 12.4 Å². The molecular weight excluding hydrogens is 284 g/mol. The van der Waals surface area contributed by atoms with Crippen LogP contribution in [0.2, 0.25) is 4.34 Å². The Labute approximate surface area is 120 Å². The summed E-state index contributed by atoms with van der Waals surface area (Å²) >= 11 is 7.04. The van der Waals surface area contributed by atoms with Crippen molar-refractivity contribution >= 4 is 28.7 Å². The second-order valence-corrected chi connectivity index (χ2v) is 5.41. The summed E-state index contributed by atoms with van der Waals surface area (Å²) in [5, 5.41) is 0. The quantitative estimate of drug-likeness (QED) is 0.754. The van der Waals surface area contributed by atoms with Gasteiger partial charge in [-0.2, -0.15) is 0 Å². The van der Waals surface area contributed by atoms with Crippen molar-refractivity contribution in [2.45, 2.75) is 6.92 Å². The second kappa shape index (κ2) is 6.59. The number of thiophene rings is 1. The highest BCUT2D eigenvalue weighted by atomic mass is 35.5. The molecular formula is C14H13ClO3S. The Kier molecular flexibility index (Phi) is 4.82. The molecule has 0 unspecified atom stereocenters. The first-order valence-corrected chi connectivity index (χ1v) is 7.03. The van der Waals surface area contributed by atoms with E-state index in [1.807, 2.05) is 25.1 Å². The molecule has 0 N–H and O–H groups in total. The SMILES string of the molecule is CCOc1ccccc1OCC(=O)c1ccc(Cl)s1. The Morgan fingerprint density at radius 3 is 2.42 bits per heavy atom. The van der Waals surface area contributed by atoms with Crippen LogP contribution in [0.5, 0.6) is 11.5 Å². The van der Waals surface area contributed by atoms with Crippen LogP contribution in [0, 0.1) is 0 Å². The molecule has 0 aliphatic carbocycles. The van der Waals surface area contributed by atoms with E-state index in [2.05, 4.69) is 0 Å². The lowest BCUT2D eigenvalue weighted by Gasteiger charge is -2.10. The predicted molar refractivity (Wildman–Crippen MR) is 76.8 cm³/mol. The molecule has 0 bridgehead atoms. The van der Waals surface area contributed by atoms with E-state index < -0.39 is 0 Å². The highest BCUT2D eigenvalue weighted by Crippen LogP contribution is 2.27. The van der Waals surface area contributed by atoms with E-state index in [9.17, 15) is 4.79 Å². The minimum absolute atomic E-state index is 0.0269. The molecule has 0 saturated heterocycles. The van der Waals surface area contributed by atoms with Gasteiger partial charge in [0.2, 0.25) is 5.78 Å². The maximum Gasteiger partial charge on any atom is 0.210 e. The van der Waals surface area contributed by atoms with Crippen molar-refractivity contribution in [3.05, 3.63) is 45.6 Å². The molecule has 1 aromatic heterocycles. The van der Waals surface area contributed by atoms with Gasteiger partial charge < -0.3 is 9.47 Å². The molecule has 0 amide bonds. The second-order valence-electron chi connectivity index (χ2n) is 3.70. The lowest BCUT2D eigenvalue weighted by atomic mass is 10.3. The summed E-state index contributed by atoms with van der Waals surface area (Å²) in [6.07, 6.45) is 0.